The van der Waals surface area contributed by atoms with Crippen LogP contribution in [0.4, 0.5) is 19.0 Å². The van der Waals surface area contributed by atoms with E-state index in [9.17, 15) is 18.0 Å². The summed E-state index contributed by atoms with van der Waals surface area (Å²) in [6.45, 7) is 1.04. The fourth-order valence-corrected chi connectivity index (χ4v) is 3.68. The average Bonchev–Trinajstić information content (AvgIpc) is 2.78. The van der Waals surface area contributed by atoms with E-state index in [0.717, 1.165) is 28.8 Å². The lowest BCUT2D eigenvalue weighted by Crippen LogP contribution is -2.38. The van der Waals surface area contributed by atoms with Gasteiger partial charge < -0.3 is 14.4 Å². The molecular weight excluding hydrogens is 409 g/mol. The van der Waals surface area contributed by atoms with Crippen molar-refractivity contribution in [1.82, 2.24) is 4.98 Å². The van der Waals surface area contributed by atoms with Crippen LogP contribution in [-0.4, -0.2) is 31.2 Å². The second-order valence-corrected chi connectivity index (χ2v) is 7.46. The molecule has 0 aliphatic carbocycles. The number of aromatic nitrogens is 1. The molecule has 0 N–H and O–H groups in total. The summed E-state index contributed by atoms with van der Waals surface area (Å²) in [5, 5.41) is 1.92. The first-order chi connectivity index (χ1) is 14.8. The molecule has 31 heavy (non-hydrogen) atoms. The van der Waals surface area contributed by atoms with Gasteiger partial charge in [-0.3, -0.25) is 4.79 Å². The molecule has 0 unspecified atom stereocenters. The first kappa shape index (κ1) is 21.0. The lowest BCUT2D eigenvalue weighted by molar-refractivity contribution is -0.140. The molecular formula is C23H21F3N2O3. The number of esters is 1. The number of anilines is 1. The highest BCUT2D eigenvalue weighted by Crippen LogP contribution is 2.31. The average molecular weight is 430 g/mol. The van der Waals surface area contributed by atoms with Gasteiger partial charge in [-0.05, 0) is 60.0 Å². The molecule has 0 radical (unpaired) electrons. The first-order valence-electron chi connectivity index (χ1n) is 9.91. The predicted octanol–water partition coefficient (Wildman–Crippen LogP) is 5.08. The summed E-state index contributed by atoms with van der Waals surface area (Å²) < 4.78 is 48.9. The number of fused-ring (bicyclic) bond motifs is 1. The van der Waals surface area contributed by atoms with Crippen molar-refractivity contribution in [3.63, 3.8) is 0 Å². The third-order valence-electron chi connectivity index (χ3n) is 5.46. The maximum atomic E-state index is 12.7. The number of alkyl halides is 3. The van der Waals surface area contributed by atoms with Crippen LogP contribution in [0.5, 0.6) is 11.5 Å². The molecule has 0 saturated carbocycles. The fourth-order valence-electron chi connectivity index (χ4n) is 3.68. The van der Waals surface area contributed by atoms with Gasteiger partial charge >= 0.3 is 12.1 Å². The van der Waals surface area contributed by atoms with E-state index in [1.165, 1.54) is 6.07 Å². The minimum Gasteiger partial charge on any atom is -0.497 e. The molecule has 0 spiro atoms. The summed E-state index contributed by atoms with van der Waals surface area (Å²) in [6, 6.07) is 13.5. The third-order valence-corrected chi connectivity index (χ3v) is 5.46. The molecule has 162 valence electrons. The maximum absolute atomic E-state index is 12.7. The molecule has 2 heterocycles. The van der Waals surface area contributed by atoms with Crippen molar-refractivity contribution < 1.29 is 27.4 Å². The number of halogens is 3. The highest BCUT2D eigenvalue weighted by molar-refractivity contribution is 5.86. The number of carbonyl (C=O) groups excluding carboxylic acids is 1. The van der Waals surface area contributed by atoms with E-state index in [2.05, 4.69) is 4.98 Å². The summed E-state index contributed by atoms with van der Waals surface area (Å²) in [6.07, 6.45) is -2.48. The zero-order valence-corrected chi connectivity index (χ0v) is 16.9. The zero-order chi connectivity index (χ0) is 22.0. The topological polar surface area (TPSA) is 51.7 Å². The Hall–Kier alpha value is -3.29. The van der Waals surface area contributed by atoms with E-state index in [1.807, 2.05) is 29.2 Å². The van der Waals surface area contributed by atoms with Crippen molar-refractivity contribution in [2.75, 3.05) is 25.1 Å². The molecule has 1 fully saturated rings. The summed E-state index contributed by atoms with van der Waals surface area (Å²) in [5.41, 5.74) is -0.775. The quantitative estimate of drug-likeness (QED) is 0.427. The van der Waals surface area contributed by atoms with Gasteiger partial charge in [-0.2, -0.15) is 13.2 Å². The van der Waals surface area contributed by atoms with E-state index in [-0.39, 0.29) is 11.9 Å². The Labute approximate surface area is 177 Å². The third kappa shape index (κ3) is 4.73. The molecule has 2 aromatic carbocycles. The number of pyridine rings is 1. The highest BCUT2D eigenvalue weighted by Gasteiger charge is 2.31. The van der Waals surface area contributed by atoms with Crippen LogP contribution in [0.1, 0.15) is 18.4 Å². The van der Waals surface area contributed by atoms with Crippen LogP contribution in [0.2, 0.25) is 0 Å². The van der Waals surface area contributed by atoms with Crippen LogP contribution in [0.25, 0.3) is 10.8 Å². The van der Waals surface area contributed by atoms with E-state index >= 15 is 0 Å². The monoisotopic (exact) mass is 430 g/mol. The van der Waals surface area contributed by atoms with Gasteiger partial charge in [0.05, 0.1) is 18.6 Å². The van der Waals surface area contributed by atoms with Crippen LogP contribution in [0.15, 0.2) is 54.7 Å². The molecule has 1 aromatic heterocycles. The van der Waals surface area contributed by atoms with Gasteiger partial charge in [0.15, 0.2) is 0 Å². The van der Waals surface area contributed by atoms with Gasteiger partial charge in [0, 0.05) is 19.3 Å². The number of carbonyl (C=O) groups is 1. The van der Waals surface area contributed by atoms with Crippen LogP contribution < -0.4 is 14.4 Å². The molecule has 8 heteroatoms. The maximum Gasteiger partial charge on any atom is 0.417 e. The summed E-state index contributed by atoms with van der Waals surface area (Å²) in [5.74, 6) is 1.09. The van der Waals surface area contributed by atoms with Gasteiger partial charge in [-0.25, -0.2) is 4.98 Å². The molecule has 4 rings (SSSR count). The fraction of sp³-hybridized carbons (Fsp3) is 0.304. The summed E-state index contributed by atoms with van der Waals surface area (Å²) in [7, 11) is 1.59. The second-order valence-electron chi connectivity index (χ2n) is 7.46. The Morgan fingerprint density at radius 1 is 1.00 bits per heavy atom. The van der Waals surface area contributed by atoms with Gasteiger partial charge in [-0.1, -0.05) is 12.1 Å². The molecule has 5 nitrogen and oxygen atoms in total. The molecule has 3 aromatic rings. The van der Waals surface area contributed by atoms with Gasteiger partial charge in [0.2, 0.25) is 0 Å². The molecule has 1 aliphatic rings. The Bertz CT molecular complexity index is 1080. The van der Waals surface area contributed by atoms with E-state index < -0.39 is 11.7 Å². The largest absolute Gasteiger partial charge is 0.497 e. The molecule has 0 amide bonds. The number of nitrogens with zero attached hydrogens (tertiary/aromatic N) is 2. The van der Waals surface area contributed by atoms with Crippen molar-refractivity contribution in [3.05, 3.63) is 60.3 Å². The van der Waals surface area contributed by atoms with Crippen LogP contribution >= 0.6 is 0 Å². The Balaban J connectivity index is 1.36. The molecule has 1 saturated heterocycles. The van der Waals surface area contributed by atoms with Crippen LogP contribution in [-0.2, 0) is 11.0 Å². The van der Waals surface area contributed by atoms with E-state index in [0.29, 0.717) is 37.5 Å². The smallest absolute Gasteiger partial charge is 0.417 e. The van der Waals surface area contributed by atoms with Crippen molar-refractivity contribution in [2.24, 2.45) is 5.92 Å². The lowest BCUT2D eigenvalue weighted by atomic mass is 9.97. The highest BCUT2D eigenvalue weighted by atomic mass is 19.4. The number of methoxy groups -OCH3 is 1. The van der Waals surface area contributed by atoms with E-state index in [1.54, 1.807) is 19.2 Å². The second kappa shape index (κ2) is 8.45. The van der Waals surface area contributed by atoms with E-state index in [4.69, 9.17) is 9.47 Å². The van der Waals surface area contributed by atoms with Crippen LogP contribution in [0, 0.1) is 5.92 Å². The number of benzene rings is 2. The standard InChI is InChI=1S/C23H21F3N2O3/c1-30-19-5-2-15-3-6-20(13-17(15)12-19)31-22(29)16-8-10-28(11-9-16)21-7-4-18(14-27-21)23(24,25)26/h2-7,12-14,16H,8-11H2,1H3. The Kier molecular flexibility index (Phi) is 5.71. The molecule has 1 aliphatic heterocycles. The van der Waals surface area contributed by atoms with Gasteiger partial charge in [0.1, 0.15) is 17.3 Å². The van der Waals surface area contributed by atoms with Crippen molar-refractivity contribution in [1.29, 1.82) is 0 Å². The molecule has 0 bridgehead atoms. The minimum atomic E-state index is -4.41. The van der Waals surface area contributed by atoms with Crippen molar-refractivity contribution >= 4 is 22.6 Å². The number of piperidine rings is 1. The number of hydrogen-bond acceptors (Lipinski definition) is 5. The summed E-state index contributed by atoms with van der Waals surface area (Å²) >= 11 is 0. The minimum absolute atomic E-state index is 0.272. The van der Waals surface area contributed by atoms with Crippen molar-refractivity contribution in [3.8, 4) is 11.5 Å². The van der Waals surface area contributed by atoms with Gasteiger partial charge in [-0.15, -0.1) is 0 Å². The zero-order valence-electron chi connectivity index (χ0n) is 16.9. The summed E-state index contributed by atoms with van der Waals surface area (Å²) in [4.78, 5) is 18.4. The normalized spacial score (nSPS) is 15.2. The Morgan fingerprint density at radius 2 is 1.68 bits per heavy atom. The van der Waals surface area contributed by atoms with Crippen molar-refractivity contribution in [2.45, 2.75) is 19.0 Å². The predicted molar refractivity (Wildman–Crippen MR) is 110 cm³/mol. The van der Waals surface area contributed by atoms with Gasteiger partial charge in [0.25, 0.3) is 0 Å². The number of ether oxygens (including phenoxy) is 2. The lowest BCUT2D eigenvalue weighted by Gasteiger charge is -2.31. The SMILES string of the molecule is COc1ccc2ccc(OC(=O)C3CCN(c4ccc(C(F)(F)F)cn4)CC3)cc2c1. The number of rotatable bonds is 4. The molecule has 0 atom stereocenters. The first-order valence-corrected chi connectivity index (χ1v) is 9.91. The Morgan fingerprint density at radius 3 is 2.29 bits per heavy atom. The van der Waals surface area contributed by atoms with Crippen LogP contribution in [0.3, 0.4) is 0 Å². The number of hydrogen-bond donors (Lipinski definition) is 0.